The maximum atomic E-state index is 11.9. The third-order valence-electron chi connectivity index (χ3n) is 3.47. The summed E-state index contributed by atoms with van der Waals surface area (Å²) in [6.45, 7) is 2.87. The lowest BCUT2D eigenvalue weighted by atomic mass is 10.2. The van der Waals surface area contributed by atoms with E-state index in [1.54, 1.807) is 42.9 Å². The van der Waals surface area contributed by atoms with E-state index in [9.17, 15) is 4.79 Å². The predicted molar refractivity (Wildman–Crippen MR) is 111 cm³/mol. The molecule has 0 aliphatic carbocycles. The number of rotatable bonds is 6. The minimum Gasteiger partial charge on any atom is -0.362 e. The second-order valence-electron chi connectivity index (χ2n) is 5.82. The highest BCUT2D eigenvalue weighted by molar-refractivity contribution is 7.99. The van der Waals surface area contributed by atoms with Gasteiger partial charge in [0.15, 0.2) is 5.11 Å². The van der Waals surface area contributed by atoms with Gasteiger partial charge in [-0.05, 0) is 55.5 Å². The maximum Gasteiger partial charge on any atom is 0.253 e. The molecular formula is C19H23N3OS2. The van der Waals surface area contributed by atoms with E-state index < -0.39 is 0 Å². The van der Waals surface area contributed by atoms with Crippen LogP contribution in [0.3, 0.4) is 0 Å². The molecule has 6 heteroatoms. The van der Waals surface area contributed by atoms with Gasteiger partial charge in [-0.2, -0.15) is 0 Å². The van der Waals surface area contributed by atoms with Crippen LogP contribution in [0, 0.1) is 6.92 Å². The highest BCUT2D eigenvalue weighted by atomic mass is 32.2. The van der Waals surface area contributed by atoms with E-state index in [-0.39, 0.29) is 5.91 Å². The van der Waals surface area contributed by atoms with Crippen molar-refractivity contribution >= 4 is 40.7 Å². The molecule has 1 amide bonds. The summed E-state index contributed by atoms with van der Waals surface area (Å²) < 4.78 is 0. The Hall–Kier alpha value is -2.05. The molecule has 4 nitrogen and oxygen atoms in total. The number of thioether (sulfide) groups is 1. The van der Waals surface area contributed by atoms with Gasteiger partial charge in [0.1, 0.15) is 0 Å². The second kappa shape index (κ2) is 9.44. The average molecular weight is 374 g/mol. The summed E-state index contributed by atoms with van der Waals surface area (Å²) in [5.74, 6) is 0.918. The topological polar surface area (TPSA) is 44.4 Å². The molecule has 2 aromatic carbocycles. The number of thiocarbonyl (C=S) groups is 1. The van der Waals surface area contributed by atoms with E-state index >= 15 is 0 Å². The number of nitrogens with zero attached hydrogens (tertiary/aromatic N) is 1. The molecule has 0 aromatic heterocycles. The third-order valence-corrected chi connectivity index (χ3v) is 4.73. The Morgan fingerprint density at radius 1 is 1.08 bits per heavy atom. The molecule has 0 saturated heterocycles. The molecule has 0 unspecified atom stereocenters. The molecule has 0 atom stereocenters. The Morgan fingerprint density at radius 3 is 2.32 bits per heavy atom. The first-order valence-corrected chi connectivity index (χ1v) is 9.41. The average Bonchev–Trinajstić information content (AvgIpc) is 2.60. The first-order valence-electron chi connectivity index (χ1n) is 8.02. The second-order valence-corrected chi connectivity index (χ2v) is 7.40. The van der Waals surface area contributed by atoms with Crippen LogP contribution in [0.15, 0.2) is 53.4 Å². The maximum absolute atomic E-state index is 11.9. The van der Waals surface area contributed by atoms with Crippen LogP contribution in [0.25, 0.3) is 0 Å². The van der Waals surface area contributed by atoms with Gasteiger partial charge in [-0.1, -0.05) is 17.7 Å². The molecule has 0 fully saturated rings. The van der Waals surface area contributed by atoms with Gasteiger partial charge in [-0.25, -0.2) is 0 Å². The zero-order valence-electron chi connectivity index (χ0n) is 14.7. The van der Waals surface area contributed by atoms with Crippen molar-refractivity contribution in [2.45, 2.75) is 11.8 Å². The summed E-state index contributed by atoms with van der Waals surface area (Å²) in [6.07, 6.45) is 0. The van der Waals surface area contributed by atoms with Crippen molar-refractivity contribution in [3.05, 3.63) is 59.7 Å². The van der Waals surface area contributed by atoms with Gasteiger partial charge in [0, 0.05) is 42.5 Å². The molecule has 0 saturated carbocycles. The standard InChI is InChI=1S/C19H23N3OS2/c1-14-4-10-17(11-5-14)25-13-12-20-19(24)21-16-8-6-15(7-9-16)18(23)22(2)3/h4-11H,12-13H2,1-3H3,(H2,20,21,24). The Bertz CT molecular complexity index is 712. The van der Waals surface area contributed by atoms with Crippen molar-refractivity contribution in [3.63, 3.8) is 0 Å². The van der Waals surface area contributed by atoms with Crippen molar-refractivity contribution in [2.24, 2.45) is 0 Å². The molecule has 132 valence electrons. The fraction of sp³-hybridized carbons (Fsp3) is 0.263. The molecule has 2 rings (SSSR count). The number of hydrogen-bond donors (Lipinski definition) is 2. The number of carbonyl (C=O) groups is 1. The largest absolute Gasteiger partial charge is 0.362 e. The zero-order valence-corrected chi connectivity index (χ0v) is 16.3. The van der Waals surface area contributed by atoms with Crippen molar-refractivity contribution in [3.8, 4) is 0 Å². The molecule has 2 N–H and O–H groups in total. The number of amides is 1. The van der Waals surface area contributed by atoms with Crippen LogP contribution in [0.4, 0.5) is 5.69 Å². The van der Waals surface area contributed by atoms with Gasteiger partial charge >= 0.3 is 0 Å². The van der Waals surface area contributed by atoms with Gasteiger partial charge in [-0.3, -0.25) is 4.79 Å². The van der Waals surface area contributed by atoms with Crippen LogP contribution in [0.2, 0.25) is 0 Å². The zero-order chi connectivity index (χ0) is 18.2. The van der Waals surface area contributed by atoms with E-state index in [1.807, 2.05) is 12.1 Å². The summed E-state index contributed by atoms with van der Waals surface area (Å²) in [7, 11) is 3.48. The van der Waals surface area contributed by atoms with Crippen molar-refractivity contribution in [1.82, 2.24) is 10.2 Å². The van der Waals surface area contributed by atoms with Crippen LogP contribution in [-0.2, 0) is 0 Å². The number of benzene rings is 2. The minimum atomic E-state index is -0.0135. The highest BCUT2D eigenvalue weighted by Crippen LogP contribution is 2.17. The number of anilines is 1. The Labute approximate surface area is 159 Å². The highest BCUT2D eigenvalue weighted by Gasteiger charge is 2.07. The fourth-order valence-electron chi connectivity index (χ4n) is 2.10. The molecule has 0 aliphatic rings. The molecule has 2 aromatic rings. The van der Waals surface area contributed by atoms with Crippen molar-refractivity contribution in [2.75, 3.05) is 31.7 Å². The van der Waals surface area contributed by atoms with E-state index in [0.29, 0.717) is 10.7 Å². The molecule has 0 aliphatic heterocycles. The van der Waals surface area contributed by atoms with Crippen molar-refractivity contribution < 1.29 is 4.79 Å². The van der Waals surface area contributed by atoms with E-state index in [2.05, 4.69) is 41.8 Å². The van der Waals surface area contributed by atoms with Crippen LogP contribution in [-0.4, -0.2) is 42.3 Å². The van der Waals surface area contributed by atoms with Crippen LogP contribution in [0.5, 0.6) is 0 Å². The molecule has 0 radical (unpaired) electrons. The van der Waals surface area contributed by atoms with Gasteiger partial charge < -0.3 is 15.5 Å². The summed E-state index contributed by atoms with van der Waals surface area (Å²) >= 11 is 7.10. The quantitative estimate of drug-likeness (QED) is 0.458. The SMILES string of the molecule is Cc1ccc(SCCNC(=S)Nc2ccc(C(=O)N(C)C)cc2)cc1. The summed E-state index contributed by atoms with van der Waals surface area (Å²) in [5.41, 5.74) is 2.79. The fourth-order valence-corrected chi connectivity index (χ4v) is 3.09. The third kappa shape index (κ3) is 6.40. The number of aryl methyl sites for hydroxylation is 1. The van der Waals surface area contributed by atoms with Gasteiger partial charge in [0.2, 0.25) is 0 Å². The Balaban J connectivity index is 1.73. The summed E-state index contributed by atoms with van der Waals surface area (Å²) in [6, 6.07) is 15.8. The van der Waals surface area contributed by atoms with Crippen LogP contribution >= 0.6 is 24.0 Å². The number of nitrogens with one attached hydrogen (secondary N) is 2. The molecule has 25 heavy (non-hydrogen) atoms. The van der Waals surface area contributed by atoms with Gasteiger partial charge in [-0.15, -0.1) is 11.8 Å². The number of carbonyl (C=O) groups excluding carboxylic acids is 1. The Morgan fingerprint density at radius 2 is 1.72 bits per heavy atom. The van der Waals surface area contributed by atoms with Gasteiger partial charge in [0.05, 0.1) is 0 Å². The summed E-state index contributed by atoms with van der Waals surface area (Å²) in [5, 5.41) is 6.90. The van der Waals surface area contributed by atoms with Gasteiger partial charge in [0.25, 0.3) is 5.91 Å². The smallest absolute Gasteiger partial charge is 0.253 e. The monoisotopic (exact) mass is 373 g/mol. The normalized spacial score (nSPS) is 10.2. The minimum absolute atomic E-state index is 0.0135. The van der Waals surface area contributed by atoms with Crippen molar-refractivity contribution in [1.29, 1.82) is 0 Å². The molecule has 0 heterocycles. The van der Waals surface area contributed by atoms with E-state index in [0.717, 1.165) is 18.0 Å². The Kier molecular flexibility index (Phi) is 7.28. The molecule has 0 spiro atoms. The van der Waals surface area contributed by atoms with Crippen LogP contribution < -0.4 is 10.6 Å². The lowest BCUT2D eigenvalue weighted by Gasteiger charge is -2.12. The van der Waals surface area contributed by atoms with E-state index in [1.165, 1.54) is 10.5 Å². The molecule has 0 bridgehead atoms. The van der Waals surface area contributed by atoms with Crippen LogP contribution in [0.1, 0.15) is 15.9 Å². The lowest BCUT2D eigenvalue weighted by Crippen LogP contribution is -2.30. The first kappa shape index (κ1) is 19.3. The number of hydrogen-bond acceptors (Lipinski definition) is 3. The summed E-state index contributed by atoms with van der Waals surface area (Å²) in [4.78, 5) is 14.7. The molecular weight excluding hydrogens is 350 g/mol. The first-order chi connectivity index (χ1) is 12.0. The lowest BCUT2D eigenvalue weighted by molar-refractivity contribution is 0.0827. The van der Waals surface area contributed by atoms with E-state index in [4.69, 9.17) is 12.2 Å². The predicted octanol–water partition coefficient (Wildman–Crippen LogP) is 3.78.